The van der Waals surface area contributed by atoms with Gasteiger partial charge in [-0.25, -0.2) is 18.1 Å². The Morgan fingerprint density at radius 2 is 0.654 bits per heavy atom. The van der Waals surface area contributed by atoms with Crippen molar-refractivity contribution < 1.29 is 79.4 Å². The summed E-state index contributed by atoms with van der Waals surface area (Å²) in [7, 11) is -6.33. The van der Waals surface area contributed by atoms with E-state index in [9.17, 15) is 35.2 Å². The monoisotopic (exact) mass is 416 g/mol. The van der Waals surface area contributed by atoms with Crippen LogP contribution in [0.15, 0.2) is 0 Å². The fraction of sp³-hybridized carbons (Fsp3) is 1.00. The molecule has 0 rings (SSSR count). The number of hydrogen-bond donors (Lipinski definition) is 12. The van der Waals surface area contributed by atoms with Crippen LogP contribution >= 0.6 is 7.82 Å². The van der Waals surface area contributed by atoms with E-state index in [0.29, 0.717) is 0 Å². The van der Waals surface area contributed by atoms with E-state index in [1.807, 2.05) is 0 Å². The first-order valence-electron chi connectivity index (χ1n) is 6.28. The molecule has 0 saturated carbocycles. The second kappa shape index (κ2) is 6.90. The first-order valence-corrected chi connectivity index (χ1v) is 7.74. The van der Waals surface area contributed by atoms with Gasteiger partial charge in [-0.1, -0.05) is 0 Å². The highest BCUT2D eigenvalue weighted by Gasteiger charge is 2.61. The lowest BCUT2D eigenvalue weighted by Gasteiger charge is -2.39. The Balaban J connectivity index is 6.10. The molecule has 0 aromatic rings. The SMILES string of the molecule is CC(O)(O)C(O)(O)OP(=O)(OC(O)(O)C(C)(O)O)OC(O)(O)C(C)(O)O. The molecule has 0 atom stereocenters. The highest BCUT2D eigenvalue weighted by molar-refractivity contribution is 7.48. The molecule has 0 amide bonds. The third-order valence-corrected chi connectivity index (χ3v) is 4.00. The average molecular weight is 416 g/mol. The van der Waals surface area contributed by atoms with Crippen molar-refractivity contribution in [3.63, 3.8) is 0 Å². The van der Waals surface area contributed by atoms with Gasteiger partial charge in [-0.15, -0.1) is 0 Å². The maximum Gasteiger partial charge on any atom is 0.488 e. The predicted molar refractivity (Wildman–Crippen MR) is 70.9 cm³/mol. The number of aliphatic hydroxyl groups is 12. The van der Waals surface area contributed by atoms with E-state index in [-0.39, 0.29) is 20.8 Å². The van der Waals surface area contributed by atoms with Crippen molar-refractivity contribution in [3.05, 3.63) is 0 Å². The minimum atomic E-state index is -6.33. The van der Waals surface area contributed by atoms with Crippen molar-refractivity contribution in [2.45, 2.75) is 56.1 Å². The van der Waals surface area contributed by atoms with Gasteiger partial charge < -0.3 is 61.3 Å². The molecule has 0 aliphatic carbocycles. The van der Waals surface area contributed by atoms with Crippen molar-refractivity contribution in [2.24, 2.45) is 0 Å². The summed E-state index contributed by atoms with van der Waals surface area (Å²) < 4.78 is 23.4. The van der Waals surface area contributed by atoms with Crippen LogP contribution in [0.2, 0.25) is 0 Å². The molecule has 0 bridgehead atoms. The minimum Gasteiger partial charge on any atom is -0.360 e. The molecular formula is C9H21O16P. The summed E-state index contributed by atoms with van der Waals surface area (Å²) in [5, 5.41) is 110. The minimum absolute atomic E-state index is 0.220. The number of phosphoric ester groups is 1. The van der Waals surface area contributed by atoms with E-state index in [2.05, 4.69) is 13.6 Å². The van der Waals surface area contributed by atoms with Crippen LogP contribution in [0, 0.1) is 0 Å². The van der Waals surface area contributed by atoms with Gasteiger partial charge in [0, 0.05) is 0 Å². The number of rotatable bonds is 9. The molecule has 26 heavy (non-hydrogen) atoms. The maximum atomic E-state index is 12.3. The molecule has 0 fully saturated rings. The fourth-order valence-electron chi connectivity index (χ4n) is 0.783. The number of hydrogen-bond acceptors (Lipinski definition) is 16. The van der Waals surface area contributed by atoms with E-state index in [4.69, 9.17) is 30.6 Å². The van der Waals surface area contributed by atoms with Gasteiger partial charge in [-0.2, -0.15) is 0 Å². The second-order valence-corrected chi connectivity index (χ2v) is 7.05. The summed E-state index contributed by atoms with van der Waals surface area (Å²) in [4.78, 5) is 0. The molecule has 158 valence electrons. The third kappa shape index (κ3) is 6.08. The van der Waals surface area contributed by atoms with Gasteiger partial charge >= 0.3 is 25.7 Å². The molecule has 16 nitrogen and oxygen atoms in total. The van der Waals surface area contributed by atoms with Gasteiger partial charge in [-0.3, -0.25) is 0 Å². The van der Waals surface area contributed by atoms with Gasteiger partial charge in [0.1, 0.15) is 0 Å². The molecule has 12 N–H and O–H groups in total. The van der Waals surface area contributed by atoms with E-state index in [1.165, 1.54) is 0 Å². The molecule has 0 aromatic carbocycles. The third-order valence-electron chi connectivity index (χ3n) is 2.57. The predicted octanol–water partition coefficient (Wildman–Crippen LogP) is -5.84. The average Bonchev–Trinajstić information content (AvgIpc) is 2.19. The normalized spacial score (nSPS) is 16.1. The zero-order valence-electron chi connectivity index (χ0n) is 13.4. The molecule has 0 radical (unpaired) electrons. The smallest absolute Gasteiger partial charge is 0.360 e. The Morgan fingerprint density at radius 3 is 0.769 bits per heavy atom. The lowest BCUT2D eigenvalue weighted by Crippen LogP contribution is -2.58. The van der Waals surface area contributed by atoms with Gasteiger partial charge in [0.15, 0.2) is 0 Å². The first-order chi connectivity index (χ1) is 10.9. The van der Waals surface area contributed by atoms with Crippen LogP contribution in [0.3, 0.4) is 0 Å². The lowest BCUT2D eigenvalue weighted by atomic mass is 10.3. The molecule has 0 aliphatic rings. The number of phosphoric acid groups is 1. The second-order valence-electron chi connectivity index (χ2n) is 5.61. The van der Waals surface area contributed by atoms with E-state index in [0.717, 1.165) is 0 Å². The van der Waals surface area contributed by atoms with Gasteiger partial charge in [0.25, 0.3) is 0 Å². The van der Waals surface area contributed by atoms with Gasteiger partial charge in [0.05, 0.1) is 0 Å². The fourth-order valence-corrected chi connectivity index (χ4v) is 2.35. The van der Waals surface area contributed by atoms with Gasteiger partial charge in [-0.05, 0) is 20.8 Å². The van der Waals surface area contributed by atoms with Crippen LogP contribution in [0.4, 0.5) is 0 Å². The maximum absolute atomic E-state index is 12.3. The summed E-state index contributed by atoms with van der Waals surface area (Å²) in [5.41, 5.74) is 0. The van der Waals surface area contributed by atoms with E-state index in [1.54, 1.807) is 0 Å². The summed E-state index contributed by atoms with van der Waals surface area (Å²) in [5.74, 6) is -24.2. The largest absolute Gasteiger partial charge is 0.488 e. The van der Waals surface area contributed by atoms with Crippen molar-refractivity contribution >= 4 is 7.82 Å². The Kier molecular flexibility index (Phi) is 6.81. The van der Waals surface area contributed by atoms with Crippen LogP contribution in [0.25, 0.3) is 0 Å². The molecule has 0 spiro atoms. The van der Waals surface area contributed by atoms with Crippen molar-refractivity contribution in [2.75, 3.05) is 0 Å². The quantitative estimate of drug-likeness (QED) is 0.123. The Morgan fingerprint density at radius 1 is 0.500 bits per heavy atom. The lowest BCUT2D eigenvalue weighted by molar-refractivity contribution is -0.467. The van der Waals surface area contributed by atoms with Crippen LogP contribution in [-0.4, -0.2) is 96.6 Å². The Bertz CT molecular complexity index is 457. The summed E-state index contributed by atoms with van der Waals surface area (Å²) >= 11 is 0. The Labute approximate surface area is 144 Å². The van der Waals surface area contributed by atoms with Crippen LogP contribution < -0.4 is 0 Å². The van der Waals surface area contributed by atoms with Crippen molar-refractivity contribution in [1.29, 1.82) is 0 Å². The molecule has 0 saturated heterocycles. The highest BCUT2D eigenvalue weighted by atomic mass is 31.2. The topological polar surface area (TPSA) is 288 Å². The van der Waals surface area contributed by atoms with Crippen molar-refractivity contribution in [1.82, 2.24) is 0 Å². The van der Waals surface area contributed by atoms with Crippen LogP contribution in [0.5, 0.6) is 0 Å². The van der Waals surface area contributed by atoms with Crippen molar-refractivity contribution in [3.8, 4) is 0 Å². The highest BCUT2D eigenvalue weighted by Crippen LogP contribution is 2.58. The summed E-state index contributed by atoms with van der Waals surface area (Å²) in [6.07, 6.45) is 0. The first kappa shape index (κ1) is 25.6. The Hall–Kier alpha value is -0.370. The molecule has 0 aromatic heterocycles. The standard InChI is InChI=1S/C9H21O16P/c1-4(10,11)7(16,17)23-26(22,24-8(18,19)5(2,12)13)25-9(20,21)6(3,14)15/h10-21H,1-3H3. The summed E-state index contributed by atoms with van der Waals surface area (Å²) in [6.45, 7) is 0.661. The molecule has 0 heterocycles. The van der Waals surface area contributed by atoms with E-state index < -0.39 is 43.1 Å². The molecule has 0 unspecified atom stereocenters. The zero-order chi connectivity index (χ0) is 21.6. The zero-order valence-corrected chi connectivity index (χ0v) is 14.3. The molecular weight excluding hydrogens is 395 g/mol. The van der Waals surface area contributed by atoms with Gasteiger partial charge in [0.2, 0.25) is 17.4 Å². The summed E-state index contributed by atoms with van der Waals surface area (Å²) in [6, 6.07) is 0. The van der Waals surface area contributed by atoms with Crippen LogP contribution in [0.1, 0.15) is 20.8 Å². The van der Waals surface area contributed by atoms with Crippen LogP contribution in [-0.2, 0) is 18.1 Å². The van der Waals surface area contributed by atoms with E-state index >= 15 is 0 Å². The molecule has 0 aliphatic heterocycles. The molecule has 17 heteroatoms.